The smallest absolute Gasteiger partial charge is 0.241 e. The van der Waals surface area contributed by atoms with Crippen molar-refractivity contribution in [2.45, 2.75) is 37.2 Å². The number of rotatable bonds is 10. The van der Waals surface area contributed by atoms with E-state index in [2.05, 4.69) is 15.4 Å². The minimum atomic E-state index is -3.73. The molecule has 1 aromatic carbocycles. The van der Waals surface area contributed by atoms with Gasteiger partial charge in [0.15, 0.2) is 0 Å². The molecule has 0 aliphatic heterocycles. The number of aryl methyl sites for hydroxylation is 1. The number of nitrogens with one attached hydrogen (secondary N) is 3. The van der Waals surface area contributed by atoms with Crippen LogP contribution < -0.4 is 15.4 Å². The molecular formula is C16H27N3O3S2. The second kappa shape index (κ2) is 10.0. The highest BCUT2D eigenvalue weighted by Gasteiger charge is 2.25. The van der Waals surface area contributed by atoms with Gasteiger partial charge in [-0.25, -0.2) is 8.42 Å². The number of amides is 1. The molecule has 1 rings (SSSR count). The second-order valence-electron chi connectivity index (χ2n) is 5.70. The Hall–Kier alpha value is -1.09. The first-order chi connectivity index (χ1) is 11.3. The second-order valence-corrected chi connectivity index (χ2v) is 8.40. The molecule has 0 spiro atoms. The summed E-state index contributed by atoms with van der Waals surface area (Å²) < 4.78 is 27.5. The zero-order valence-corrected chi connectivity index (χ0v) is 16.3. The first-order valence-corrected chi connectivity index (χ1v) is 10.7. The minimum absolute atomic E-state index is 0.115. The number of sulfonamides is 1. The maximum absolute atomic E-state index is 12.5. The molecule has 6 nitrogen and oxygen atoms in total. The SMILES string of the molecule is CNC(C)CNC(=O)C(CCSC)NS(=O)(=O)c1ccc(C)cc1. The fraction of sp³-hybridized carbons (Fsp3) is 0.562. The van der Waals surface area contributed by atoms with Crippen molar-refractivity contribution in [3.8, 4) is 0 Å². The van der Waals surface area contributed by atoms with E-state index in [-0.39, 0.29) is 16.8 Å². The summed E-state index contributed by atoms with van der Waals surface area (Å²) in [6.07, 6.45) is 2.36. The van der Waals surface area contributed by atoms with E-state index in [1.54, 1.807) is 36.0 Å². The lowest BCUT2D eigenvalue weighted by atomic mass is 10.2. The van der Waals surface area contributed by atoms with Gasteiger partial charge in [-0.05, 0) is 51.5 Å². The van der Waals surface area contributed by atoms with Gasteiger partial charge in [0.05, 0.1) is 4.90 Å². The zero-order valence-electron chi connectivity index (χ0n) is 14.6. The van der Waals surface area contributed by atoms with Gasteiger partial charge < -0.3 is 10.6 Å². The largest absolute Gasteiger partial charge is 0.353 e. The summed E-state index contributed by atoms with van der Waals surface area (Å²) in [6, 6.07) is 5.89. The Bertz CT molecular complexity index is 618. The number of hydrogen-bond donors (Lipinski definition) is 3. The number of benzene rings is 1. The highest BCUT2D eigenvalue weighted by Crippen LogP contribution is 2.12. The number of likely N-dealkylation sites (N-methyl/N-ethyl adjacent to an activating group) is 1. The molecule has 0 bridgehead atoms. The Labute approximate surface area is 149 Å². The van der Waals surface area contributed by atoms with Gasteiger partial charge in [-0.3, -0.25) is 4.79 Å². The van der Waals surface area contributed by atoms with E-state index < -0.39 is 16.1 Å². The van der Waals surface area contributed by atoms with Crippen molar-refractivity contribution in [1.82, 2.24) is 15.4 Å². The van der Waals surface area contributed by atoms with Crippen LogP contribution in [-0.4, -0.2) is 52.0 Å². The van der Waals surface area contributed by atoms with Crippen LogP contribution in [-0.2, 0) is 14.8 Å². The van der Waals surface area contributed by atoms with Gasteiger partial charge in [0.25, 0.3) is 0 Å². The van der Waals surface area contributed by atoms with Crippen LogP contribution in [0, 0.1) is 6.92 Å². The molecule has 8 heteroatoms. The predicted molar refractivity (Wildman–Crippen MR) is 99.8 cm³/mol. The lowest BCUT2D eigenvalue weighted by Gasteiger charge is -2.19. The Morgan fingerprint density at radius 2 is 1.88 bits per heavy atom. The van der Waals surface area contributed by atoms with E-state index >= 15 is 0 Å². The number of thioether (sulfide) groups is 1. The van der Waals surface area contributed by atoms with Crippen LogP contribution in [0.3, 0.4) is 0 Å². The number of hydrogen-bond acceptors (Lipinski definition) is 5. The summed E-state index contributed by atoms with van der Waals surface area (Å²) in [5.41, 5.74) is 0.978. The van der Waals surface area contributed by atoms with Crippen molar-refractivity contribution in [2.24, 2.45) is 0 Å². The fourth-order valence-electron chi connectivity index (χ4n) is 1.93. The molecule has 1 amide bonds. The van der Waals surface area contributed by atoms with Crippen molar-refractivity contribution >= 4 is 27.7 Å². The number of carbonyl (C=O) groups excluding carboxylic acids is 1. The topological polar surface area (TPSA) is 87.3 Å². The Balaban J connectivity index is 2.83. The molecule has 0 fully saturated rings. The molecule has 24 heavy (non-hydrogen) atoms. The van der Waals surface area contributed by atoms with E-state index in [1.807, 2.05) is 27.2 Å². The van der Waals surface area contributed by atoms with Crippen LogP contribution in [0.2, 0.25) is 0 Å². The summed E-state index contributed by atoms with van der Waals surface area (Å²) in [5.74, 6) is 0.387. The molecule has 0 radical (unpaired) electrons. The lowest BCUT2D eigenvalue weighted by molar-refractivity contribution is -0.122. The van der Waals surface area contributed by atoms with E-state index in [0.29, 0.717) is 18.7 Å². The zero-order chi connectivity index (χ0) is 18.2. The average molecular weight is 374 g/mol. The maximum atomic E-state index is 12.5. The van der Waals surface area contributed by atoms with Crippen LogP contribution in [0.15, 0.2) is 29.2 Å². The Morgan fingerprint density at radius 3 is 2.42 bits per heavy atom. The van der Waals surface area contributed by atoms with Gasteiger partial charge in [-0.1, -0.05) is 17.7 Å². The van der Waals surface area contributed by atoms with Crippen molar-refractivity contribution < 1.29 is 13.2 Å². The molecule has 2 unspecified atom stereocenters. The van der Waals surface area contributed by atoms with Gasteiger partial charge in [0.1, 0.15) is 6.04 Å². The summed E-state index contributed by atoms with van der Waals surface area (Å²) in [5, 5.41) is 5.81. The van der Waals surface area contributed by atoms with Crippen molar-refractivity contribution in [3.63, 3.8) is 0 Å². The van der Waals surface area contributed by atoms with Gasteiger partial charge in [-0.2, -0.15) is 16.5 Å². The van der Waals surface area contributed by atoms with Crippen molar-refractivity contribution in [2.75, 3.05) is 25.6 Å². The van der Waals surface area contributed by atoms with E-state index in [1.165, 1.54) is 0 Å². The molecule has 0 saturated carbocycles. The van der Waals surface area contributed by atoms with Crippen LogP contribution in [0.1, 0.15) is 18.9 Å². The first-order valence-electron chi connectivity index (χ1n) is 7.83. The van der Waals surface area contributed by atoms with Gasteiger partial charge in [0.2, 0.25) is 15.9 Å². The average Bonchev–Trinajstić information content (AvgIpc) is 2.56. The molecule has 0 saturated heterocycles. The first kappa shape index (κ1) is 21.0. The minimum Gasteiger partial charge on any atom is -0.353 e. The van der Waals surface area contributed by atoms with Crippen molar-refractivity contribution in [1.29, 1.82) is 0 Å². The highest BCUT2D eigenvalue weighted by atomic mass is 32.2. The third kappa shape index (κ3) is 6.80. The molecule has 136 valence electrons. The normalized spacial score (nSPS) is 14.2. The molecule has 0 heterocycles. The maximum Gasteiger partial charge on any atom is 0.241 e. The van der Waals surface area contributed by atoms with E-state index in [9.17, 15) is 13.2 Å². The molecule has 1 aromatic rings. The molecule has 0 aromatic heterocycles. The predicted octanol–water partition coefficient (Wildman–Crippen LogP) is 1.12. The Morgan fingerprint density at radius 1 is 1.25 bits per heavy atom. The van der Waals surface area contributed by atoms with Crippen LogP contribution in [0.25, 0.3) is 0 Å². The molecule has 0 aliphatic rings. The quantitative estimate of drug-likeness (QED) is 0.572. The van der Waals surface area contributed by atoms with Gasteiger partial charge in [-0.15, -0.1) is 0 Å². The number of carbonyl (C=O) groups is 1. The Kier molecular flexibility index (Phi) is 8.75. The summed E-state index contributed by atoms with van der Waals surface area (Å²) in [4.78, 5) is 12.5. The standard InChI is InChI=1S/C16H27N3O3S2/c1-12-5-7-14(8-6-12)24(21,22)19-15(9-10-23-4)16(20)18-11-13(2)17-3/h5-8,13,15,17,19H,9-11H2,1-4H3,(H,18,20). The van der Waals surface area contributed by atoms with E-state index in [0.717, 1.165) is 5.56 Å². The summed E-state index contributed by atoms with van der Waals surface area (Å²) in [7, 11) is -1.92. The van der Waals surface area contributed by atoms with Crippen LogP contribution in [0.5, 0.6) is 0 Å². The highest BCUT2D eigenvalue weighted by molar-refractivity contribution is 7.98. The molecule has 0 aliphatic carbocycles. The molecular weight excluding hydrogens is 346 g/mol. The molecule has 3 N–H and O–H groups in total. The summed E-state index contributed by atoms with van der Waals surface area (Å²) in [6.45, 7) is 4.27. The van der Waals surface area contributed by atoms with Gasteiger partial charge >= 0.3 is 0 Å². The van der Waals surface area contributed by atoms with Gasteiger partial charge in [0, 0.05) is 12.6 Å². The van der Waals surface area contributed by atoms with E-state index in [4.69, 9.17) is 0 Å². The third-order valence-electron chi connectivity index (χ3n) is 3.63. The van der Waals surface area contributed by atoms with Crippen LogP contribution >= 0.6 is 11.8 Å². The van der Waals surface area contributed by atoms with Crippen molar-refractivity contribution in [3.05, 3.63) is 29.8 Å². The molecule has 2 atom stereocenters. The third-order valence-corrected chi connectivity index (χ3v) is 5.76. The fourth-order valence-corrected chi connectivity index (χ4v) is 3.63. The lowest BCUT2D eigenvalue weighted by Crippen LogP contribution is -2.49. The summed E-state index contributed by atoms with van der Waals surface area (Å²) >= 11 is 1.57. The van der Waals surface area contributed by atoms with Crippen LogP contribution in [0.4, 0.5) is 0 Å². The monoisotopic (exact) mass is 373 g/mol.